The standard InChI is InChI=1S/C15H18ClN3O3S/c1-5-17-12-8-18-19(15(20)13(12)16)23(21,22)14-10(3)6-9(2)7-11(14)4/h6-8,17H,5H2,1-4H3. The molecule has 0 atom stereocenters. The van der Waals surface area contributed by atoms with E-state index in [2.05, 4.69) is 10.4 Å². The van der Waals surface area contributed by atoms with Crippen molar-refractivity contribution in [1.29, 1.82) is 0 Å². The van der Waals surface area contributed by atoms with Crippen molar-refractivity contribution in [3.63, 3.8) is 0 Å². The summed E-state index contributed by atoms with van der Waals surface area (Å²) >= 11 is 5.98. The van der Waals surface area contributed by atoms with Gasteiger partial charge in [-0.3, -0.25) is 4.79 Å². The van der Waals surface area contributed by atoms with Crippen LogP contribution in [-0.2, 0) is 10.0 Å². The highest BCUT2D eigenvalue weighted by Gasteiger charge is 2.26. The van der Waals surface area contributed by atoms with Crippen molar-refractivity contribution in [2.24, 2.45) is 0 Å². The summed E-state index contributed by atoms with van der Waals surface area (Å²) in [5.74, 6) is 0. The fraction of sp³-hybridized carbons (Fsp3) is 0.333. The molecule has 1 heterocycles. The molecule has 8 heteroatoms. The molecule has 6 nitrogen and oxygen atoms in total. The SMILES string of the molecule is CCNc1cnn(S(=O)(=O)c2c(C)cc(C)cc2C)c(=O)c1Cl. The minimum Gasteiger partial charge on any atom is -0.383 e. The molecule has 0 aliphatic heterocycles. The van der Waals surface area contributed by atoms with E-state index in [1.165, 1.54) is 6.20 Å². The lowest BCUT2D eigenvalue weighted by molar-refractivity contribution is 0.574. The molecule has 2 aromatic rings. The lowest BCUT2D eigenvalue weighted by atomic mass is 10.1. The van der Waals surface area contributed by atoms with Crippen LogP contribution in [0.3, 0.4) is 0 Å². The van der Waals surface area contributed by atoms with E-state index >= 15 is 0 Å². The van der Waals surface area contributed by atoms with E-state index in [4.69, 9.17) is 11.6 Å². The monoisotopic (exact) mass is 355 g/mol. The van der Waals surface area contributed by atoms with Crippen LogP contribution in [0.5, 0.6) is 0 Å². The Morgan fingerprint density at radius 2 is 1.78 bits per heavy atom. The Morgan fingerprint density at radius 3 is 2.30 bits per heavy atom. The number of hydrogen-bond acceptors (Lipinski definition) is 5. The molecule has 0 saturated carbocycles. The molecule has 0 bridgehead atoms. The number of aryl methyl sites for hydroxylation is 3. The number of halogens is 1. The minimum atomic E-state index is -4.12. The van der Waals surface area contributed by atoms with E-state index in [1.54, 1.807) is 26.0 Å². The lowest BCUT2D eigenvalue weighted by Gasteiger charge is -2.14. The average molecular weight is 356 g/mol. The molecule has 0 amide bonds. The third kappa shape index (κ3) is 3.11. The first-order valence-corrected chi connectivity index (χ1v) is 8.87. The first-order valence-electron chi connectivity index (χ1n) is 7.05. The molecule has 0 aliphatic rings. The molecule has 0 radical (unpaired) electrons. The summed E-state index contributed by atoms with van der Waals surface area (Å²) in [4.78, 5) is 12.4. The van der Waals surface area contributed by atoms with Gasteiger partial charge in [-0.2, -0.15) is 13.5 Å². The molecule has 2 rings (SSSR count). The quantitative estimate of drug-likeness (QED) is 0.911. The Kier molecular flexibility index (Phi) is 4.81. The number of nitrogens with one attached hydrogen (secondary N) is 1. The normalized spacial score (nSPS) is 11.5. The maximum Gasteiger partial charge on any atom is 0.302 e. The van der Waals surface area contributed by atoms with Gasteiger partial charge in [-0.25, -0.2) is 0 Å². The van der Waals surface area contributed by atoms with Gasteiger partial charge in [-0.15, -0.1) is 4.09 Å². The van der Waals surface area contributed by atoms with Crippen LogP contribution in [0.2, 0.25) is 5.02 Å². The van der Waals surface area contributed by atoms with Gasteiger partial charge in [-0.1, -0.05) is 29.3 Å². The molecule has 1 aromatic heterocycles. The molecule has 23 heavy (non-hydrogen) atoms. The van der Waals surface area contributed by atoms with Crippen LogP contribution in [0, 0.1) is 20.8 Å². The van der Waals surface area contributed by atoms with Gasteiger partial charge >= 0.3 is 5.56 Å². The van der Waals surface area contributed by atoms with Crippen LogP contribution in [0.4, 0.5) is 5.69 Å². The summed E-state index contributed by atoms with van der Waals surface area (Å²) < 4.78 is 26.1. The van der Waals surface area contributed by atoms with E-state index < -0.39 is 15.6 Å². The summed E-state index contributed by atoms with van der Waals surface area (Å²) in [6, 6.07) is 3.50. The summed E-state index contributed by atoms with van der Waals surface area (Å²) in [6.07, 6.45) is 1.24. The molecule has 124 valence electrons. The third-order valence-electron chi connectivity index (χ3n) is 3.35. The van der Waals surface area contributed by atoms with Gasteiger partial charge in [0, 0.05) is 6.54 Å². The van der Waals surface area contributed by atoms with Gasteiger partial charge in [0.15, 0.2) is 0 Å². The molecule has 0 fully saturated rings. The van der Waals surface area contributed by atoms with Gasteiger partial charge in [0.2, 0.25) is 0 Å². The highest BCUT2D eigenvalue weighted by atomic mass is 35.5. The second-order valence-electron chi connectivity index (χ2n) is 5.28. The second kappa shape index (κ2) is 6.33. The maximum absolute atomic E-state index is 12.9. The van der Waals surface area contributed by atoms with Crippen molar-refractivity contribution in [3.8, 4) is 0 Å². The van der Waals surface area contributed by atoms with Crippen molar-refractivity contribution in [1.82, 2.24) is 9.19 Å². The van der Waals surface area contributed by atoms with Crippen LogP contribution >= 0.6 is 11.6 Å². The Balaban J connectivity index is 2.72. The zero-order chi connectivity index (χ0) is 17.4. The number of hydrogen-bond donors (Lipinski definition) is 1. The lowest BCUT2D eigenvalue weighted by Crippen LogP contribution is -2.31. The van der Waals surface area contributed by atoms with Crippen molar-refractivity contribution in [2.75, 3.05) is 11.9 Å². The molecule has 1 N–H and O–H groups in total. The molecule has 0 spiro atoms. The van der Waals surface area contributed by atoms with Crippen LogP contribution in [0.15, 0.2) is 28.0 Å². The van der Waals surface area contributed by atoms with Crippen LogP contribution < -0.4 is 10.9 Å². The van der Waals surface area contributed by atoms with Gasteiger partial charge in [0.1, 0.15) is 5.02 Å². The van der Waals surface area contributed by atoms with E-state index in [-0.39, 0.29) is 9.92 Å². The van der Waals surface area contributed by atoms with Gasteiger partial charge in [-0.05, 0) is 38.8 Å². The summed E-state index contributed by atoms with van der Waals surface area (Å²) in [6.45, 7) is 7.62. The molecule has 0 aliphatic carbocycles. The van der Waals surface area contributed by atoms with Crippen LogP contribution in [0.1, 0.15) is 23.6 Å². The zero-order valence-corrected chi connectivity index (χ0v) is 14.9. The molecule has 0 unspecified atom stereocenters. The number of benzene rings is 1. The van der Waals surface area contributed by atoms with Gasteiger partial charge in [0.25, 0.3) is 10.0 Å². The summed E-state index contributed by atoms with van der Waals surface area (Å²) in [7, 11) is -4.12. The number of nitrogens with zero attached hydrogens (tertiary/aromatic N) is 2. The summed E-state index contributed by atoms with van der Waals surface area (Å²) in [5.41, 5.74) is 1.50. The maximum atomic E-state index is 12.9. The Morgan fingerprint density at radius 1 is 1.22 bits per heavy atom. The smallest absolute Gasteiger partial charge is 0.302 e. The van der Waals surface area contributed by atoms with Crippen LogP contribution in [0.25, 0.3) is 0 Å². The first kappa shape index (κ1) is 17.5. The third-order valence-corrected chi connectivity index (χ3v) is 5.59. The Hall–Kier alpha value is -1.86. The second-order valence-corrected chi connectivity index (χ2v) is 7.37. The van der Waals surface area contributed by atoms with E-state index in [0.717, 1.165) is 5.56 Å². The summed E-state index contributed by atoms with van der Waals surface area (Å²) in [5, 5.41) is 6.44. The largest absolute Gasteiger partial charge is 0.383 e. The molecular formula is C15H18ClN3O3S. The van der Waals surface area contributed by atoms with Gasteiger partial charge in [0.05, 0.1) is 16.8 Å². The fourth-order valence-electron chi connectivity index (χ4n) is 2.56. The van der Waals surface area contributed by atoms with E-state index in [1.807, 2.05) is 13.8 Å². The Labute approximate surface area is 140 Å². The predicted molar refractivity (Wildman–Crippen MR) is 90.9 cm³/mol. The highest BCUT2D eigenvalue weighted by Crippen LogP contribution is 2.24. The van der Waals surface area contributed by atoms with E-state index in [9.17, 15) is 13.2 Å². The Bertz CT molecular complexity index is 897. The first-order chi connectivity index (χ1) is 10.7. The minimum absolute atomic E-state index is 0.0740. The van der Waals surface area contributed by atoms with Crippen LogP contribution in [-0.4, -0.2) is 24.1 Å². The van der Waals surface area contributed by atoms with Crippen molar-refractivity contribution in [2.45, 2.75) is 32.6 Å². The number of anilines is 1. The number of rotatable bonds is 4. The zero-order valence-electron chi connectivity index (χ0n) is 13.3. The predicted octanol–water partition coefficient (Wildman–Crippen LogP) is 2.49. The topological polar surface area (TPSA) is 81.1 Å². The van der Waals surface area contributed by atoms with Crippen molar-refractivity contribution >= 4 is 27.3 Å². The fourth-order valence-corrected chi connectivity index (χ4v) is 4.39. The molecule has 0 saturated heterocycles. The highest BCUT2D eigenvalue weighted by molar-refractivity contribution is 7.90. The number of aromatic nitrogens is 2. The molecular weight excluding hydrogens is 338 g/mol. The van der Waals surface area contributed by atoms with Gasteiger partial charge < -0.3 is 5.32 Å². The van der Waals surface area contributed by atoms with E-state index in [0.29, 0.717) is 27.4 Å². The van der Waals surface area contributed by atoms with Crippen molar-refractivity contribution < 1.29 is 8.42 Å². The molecule has 1 aromatic carbocycles. The van der Waals surface area contributed by atoms with Crippen molar-refractivity contribution in [3.05, 3.63) is 50.4 Å². The average Bonchev–Trinajstić information content (AvgIpc) is 2.42.